The van der Waals surface area contributed by atoms with Crippen molar-refractivity contribution in [1.29, 1.82) is 5.53 Å². The second-order valence-corrected chi connectivity index (χ2v) is 5.78. The standard InChI is InChI=1S/C16H16N6/c1-9-18-13(8-15(19-9)21-17)10-7-11(10)16-20-12-5-3-4-6-14(12)22(16)2/h3-6,8,10-11,17H,7H2,1-2H3/t10-,11-/m1/s1. The Morgan fingerprint density at radius 3 is 2.77 bits per heavy atom. The maximum atomic E-state index is 7.14. The SMILES string of the molecule is Cc1nc(N=N)cc([C@@H]2C[C@H]2c2nc3ccccc3n2C)n1. The number of hydrogen-bond acceptors (Lipinski definition) is 5. The van der Waals surface area contributed by atoms with Gasteiger partial charge in [0.2, 0.25) is 0 Å². The van der Waals surface area contributed by atoms with Gasteiger partial charge in [-0.05, 0) is 25.5 Å². The fraction of sp³-hybridized carbons (Fsp3) is 0.312. The second kappa shape index (κ2) is 4.69. The van der Waals surface area contributed by atoms with E-state index in [9.17, 15) is 0 Å². The van der Waals surface area contributed by atoms with Gasteiger partial charge in [-0.1, -0.05) is 12.1 Å². The van der Waals surface area contributed by atoms with Gasteiger partial charge >= 0.3 is 0 Å². The summed E-state index contributed by atoms with van der Waals surface area (Å²) in [7, 11) is 2.07. The number of aromatic nitrogens is 4. The first-order valence-corrected chi connectivity index (χ1v) is 7.32. The average molecular weight is 292 g/mol. The molecule has 3 aromatic rings. The number of benzene rings is 1. The van der Waals surface area contributed by atoms with Crippen LogP contribution in [0.5, 0.6) is 0 Å². The number of imidazole rings is 1. The Morgan fingerprint density at radius 1 is 1.18 bits per heavy atom. The zero-order valence-corrected chi connectivity index (χ0v) is 12.5. The minimum Gasteiger partial charge on any atom is -0.331 e. The number of aryl methyl sites for hydroxylation is 2. The molecule has 2 atom stereocenters. The van der Waals surface area contributed by atoms with Gasteiger partial charge in [-0.3, -0.25) is 0 Å². The molecule has 0 amide bonds. The minimum absolute atomic E-state index is 0.345. The third-order valence-electron chi connectivity index (χ3n) is 4.28. The number of nitrogens with one attached hydrogen (secondary N) is 1. The van der Waals surface area contributed by atoms with E-state index in [0.29, 0.717) is 23.5 Å². The third kappa shape index (κ3) is 1.99. The van der Waals surface area contributed by atoms with Gasteiger partial charge in [-0.15, -0.1) is 5.11 Å². The van der Waals surface area contributed by atoms with Gasteiger partial charge in [0, 0.05) is 24.9 Å². The Labute approximate surface area is 127 Å². The molecular formula is C16H16N6. The van der Waals surface area contributed by atoms with Gasteiger partial charge in [0.25, 0.3) is 0 Å². The summed E-state index contributed by atoms with van der Waals surface area (Å²) in [6, 6.07) is 10.00. The molecule has 2 heterocycles. The maximum Gasteiger partial charge on any atom is 0.177 e. The van der Waals surface area contributed by atoms with E-state index in [-0.39, 0.29) is 0 Å². The fourth-order valence-electron chi connectivity index (χ4n) is 3.12. The second-order valence-electron chi connectivity index (χ2n) is 5.78. The van der Waals surface area contributed by atoms with Gasteiger partial charge in [-0.2, -0.15) is 0 Å². The van der Waals surface area contributed by atoms with Crippen LogP contribution in [0.1, 0.15) is 35.6 Å². The summed E-state index contributed by atoms with van der Waals surface area (Å²) in [6.07, 6.45) is 1.03. The zero-order valence-electron chi connectivity index (χ0n) is 12.5. The number of rotatable bonds is 3. The van der Waals surface area contributed by atoms with Crippen molar-refractivity contribution < 1.29 is 0 Å². The third-order valence-corrected chi connectivity index (χ3v) is 4.28. The molecule has 1 aliphatic carbocycles. The van der Waals surface area contributed by atoms with Crippen LogP contribution in [0.15, 0.2) is 35.4 Å². The minimum atomic E-state index is 0.345. The molecule has 0 spiro atoms. The summed E-state index contributed by atoms with van der Waals surface area (Å²) in [4.78, 5) is 13.4. The monoisotopic (exact) mass is 292 g/mol. The lowest BCUT2D eigenvalue weighted by molar-refractivity contribution is 0.794. The van der Waals surface area contributed by atoms with E-state index in [2.05, 4.69) is 32.8 Å². The van der Waals surface area contributed by atoms with E-state index >= 15 is 0 Å². The highest BCUT2D eigenvalue weighted by Gasteiger charge is 2.44. The Kier molecular flexibility index (Phi) is 2.79. The first-order chi connectivity index (χ1) is 10.7. The lowest BCUT2D eigenvalue weighted by Gasteiger charge is -2.03. The Balaban J connectivity index is 1.70. The molecule has 2 aromatic heterocycles. The smallest absolute Gasteiger partial charge is 0.177 e. The molecule has 1 saturated carbocycles. The van der Waals surface area contributed by atoms with Crippen LogP contribution in [0.25, 0.3) is 11.0 Å². The Bertz CT molecular complexity index is 881. The van der Waals surface area contributed by atoms with Crippen LogP contribution in [0.3, 0.4) is 0 Å². The van der Waals surface area contributed by atoms with Crippen LogP contribution in [-0.2, 0) is 7.05 Å². The van der Waals surface area contributed by atoms with E-state index < -0.39 is 0 Å². The van der Waals surface area contributed by atoms with Crippen LogP contribution in [0, 0.1) is 12.5 Å². The lowest BCUT2D eigenvalue weighted by Crippen LogP contribution is -1.98. The molecule has 110 valence electrons. The fourth-order valence-corrected chi connectivity index (χ4v) is 3.12. The number of hydrogen-bond donors (Lipinski definition) is 1. The molecule has 6 nitrogen and oxygen atoms in total. The molecular weight excluding hydrogens is 276 g/mol. The van der Waals surface area contributed by atoms with Crippen molar-refractivity contribution in [3.63, 3.8) is 0 Å². The predicted molar refractivity (Wildman–Crippen MR) is 82.4 cm³/mol. The van der Waals surface area contributed by atoms with Crippen molar-refractivity contribution in [3.8, 4) is 0 Å². The Hall–Kier alpha value is -2.63. The molecule has 1 aromatic carbocycles. The molecule has 1 N–H and O–H groups in total. The summed E-state index contributed by atoms with van der Waals surface area (Å²) in [5.41, 5.74) is 10.3. The van der Waals surface area contributed by atoms with Crippen molar-refractivity contribution in [2.45, 2.75) is 25.2 Å². The molecule has 1 aliphatic rings. The Morgan fingerprint density at radius 2 is 2.00 bits per heavy atom. The molecule has 0 unspecified atom stereocenters. The molecule has 6 heteroatoms. The highest BCUT2D eigenvalue weighted by Crippen LogP contribution is 2.54. The predicted octanol–water partition coefficient (Wildman–Crippen LogP) is 3.61. The number of para-hydroxylation sites is 2. The summed E-state index contributed by atoms with van der Waals surface area (Å²) in [6.45, 7) is 1.84. The van der Waals surface area contributed by atoms with Crippen LogP contribution in [0.4, 0.5) is 5.82 Å². The molecule has 0 saturated heterocycles. The van der Waals surface area contributed by atoms with E-state index in [1.54, 1.807) is 0 Å². The summed E-state index contributed by atoms with van der Waals surface area (Å²) >= 11 is 0. The van der Waals surface area contributed by atoms with Gasteiger partial charge in [0.05, 0.1) is 16.7 Å². The van der Waals surface area contributed by atoms with Crippen LogP contribution < -0.4 is 0 Å². The quantitative estimate of drug-likeness (QED) is 0.749. The first kappa shape index (κ1) is 13.1. The first-order valence-electron chi connectivity index (χ1n) is 7.32. The topological polar surface area (TPSA) is 79.8 Å². The van der Waals surface area contributed by atoms with Crippen molar-refractivity contribution >= 4 is 16.9 Å². The number of fused-ring (bicyclic) bond motifs is 1. The molecule has 0 aliphatic heterocycles. The summed E-state index contributed by atoms with van der Waals surface area (Å²) < 4.78 is 2.17. The largest absolute Gasteiger partial charge is 0.331 e. The highest BCUT2D eigenvalue weighted by molar-refractivity contribution is 5.76. The molecule has 1 fully saturated rings. The molecule has 0 bridgehead atoms. The van der Waals surface area contributed by atoms with Crippen LogP contribution in [-0.4, -0.2) is 19.5 Å². The summed E-state index contributed by atoms with van der Waals surface area (Å²) in [5, 5.41) is 3.43. The van der Waals surface area contributed by atoms with E-state index in [1.807, 2.05) is 31.2 Å². The van der Waals surface area contributed by atoms with Gasteiger partial charge in [0.15, 0.2) is 5.82 Å². The van der Waals surface area contributed by atoms with Crippen molar-refractivity contribution in [3.05, 3.63) is 47.7 Å². The lowest BCUT2D eigenvalue weighted by atomic mass is 10.2. The average Bonchev–Trinajstić information content (AvgIpc) is 3.25. The van der Waals surface area contributed by atoms with Gasteiger partial charge in [-0.25, -0.2) is 20.5 Å². The van der Waals surface area contributed by atoms with E-state index in [1.165, 1.54) is 0 Å². The van der Waals surface area contributed by atoms with E-state index in [4.69, 9.17) is 10.5 Å². The molecule has 22 heavy (non-hydrogen) atoms. The van der Waals surface area contributed by atoms with Gasteiger partial charge < -0.3 is 4.57 Å². The molecule has 0 radical (unpaired) electrons. The van der Waals surface area contributed by atoms with Crippen molar-refractivity contribution in [1.82, 2.24) is 19.5 Å². The van der Waals surface area contributed by atoms with Crippen LogP contribution in [0.2, 0.25) is 0 Å². The summed E-state index contributed by atoms with van der Waals surface area (Å²) in [5.74, 6) is 2.92. The van der Waals surface area contributed by atoms with Crippen molar-refractivity contribution in [2.75, 3.05) is 0 Å². The van der Waals surface area contributed by atoms with Crippen LogP contribution >= 0.6 is 0 Å². The normalized spacial score (nSPS) is 20.3. The van der Waals surface area contributed by atoms with Crippen molar-refractivity contribution in [2.24, 2.45) is 12.2 Å². The maximum absolute atomic E-state index is 7.14. The van der Waals surface area contributed by atoms with E-state index in [0.717, 1.165) is 29.0 Å². The highest BCUT2D eigenvalue weighted by atomic mass is 15.1. The zero-order chi connectivity index (χ0) is 15.3. The molecule has 4 rings (SSSR count). The van der Waals surface area contributed by atoms with Gasteiger partial charge in [0.1, 0.15) is 11.6 Å². The number of nitrogens with zero attached hydrogens (tertiary/aromatic N) is 5.